The summed E-state index contributed by atoms with van der Waals surface area (Å²) >= 11 is 0. The molecule has 0 amide bonds. The van der Waals surface area contributed by atoms with Crippen molar-refractivity contribution in [3.05, 3.63) is 151 Å². The molecule has 0 aliphatic rings. The highest BCUT2D eigenvalue weighted by Gasteiger charge is 2.35. The van der Waals surface area contributed by atoms with E-state index in [4.69, 9.17) is 20.7 Å². The molecule has 256 valence electrons. The Bertz CT molecular complexity index is 2100. The number of aromatic nitrogens is 2. The highest BCUT2D eigenvalue weighted by atomic mass is 19.4. The molecule has 49 heavy (non-hydrogen) atoms. The predicted octanol–water partition coefficient (Wildman–Crippen LogP) is 6.13. The number of hydrogen-bond acceptors (Lipinski definition) is 6. The quantitative estimate of drug-likeness (QED) is 0.168. The number of carboxylic acid groups (broad SMARTS) is 1. The molecule has 0 aliphatic carbocycles. The van der Waals surface area contributed by atoms with E-state index in [1.807, 2.05) is 0 Å². The smallest absolute Gasteiger partial charge is 0.416 e. The standard InChI is InChI=1S/C28H24F5N3O3.C7H6O3/c1-16-24(18-10-6-13-23(39-2)25(18)30)26(37)36(15-22(34)17-8-4-3-5-9-17)27(38)35(16)14-19-20(28(31,32)33)11-7-12-21(19)29;8-6-4-2-1-3-5(6)7(9)10/h3-13,22H,14-15,34H2,1-2H3;1-4,8H,(H,9,10). The second-order valence-corrected chi connectivity index (χ2v) is 10.7. The monoisotopic (exact) mass is 683 g/mol. The van der Waals surface area contributed by atoms with Gasteiger partial charge in [-0.2, -0.15) is 13.2 Å². The van der Waals surface area contributed by atoms with Crippen LogP contribution in [0.5, 0.6) is 11.5 Å². The molecule has 9 nitrogen and oxygen atoms in total. The summed E-state index contributed by atoms with van der Waals surface area (Å²) in [5, 5.41) is 17.3. The van der Waals surface area contributed by atoms with Gasteiger partial charge in [0, 0.05) is 22.9 Å². The van der Waals surface area contributed by atoms with E-state index in [0.29, 0.717) is 11.6 Å². The molecule has 0 radical (unpaired) electrons. The molecule has 1 unspecified atom stereocenters. The van der Waals surface area contributed by atoms with Gasteiger partial charge in [-0.25, -0.2) is 18.4 Å². The molecule has 4 N–H and O–H groups in total. The molecule has 5 aromatic rings. The van der Waals surface area contributed by atoms with Gasteiger partial charge in [0.15, 0.2) is 11.6 Å². The lowest BCUT2D eigenvalue weighted by atomic mass is 10.0. The van der Waals surface area contributed by atoms with Gasteiger partial charge >= 0.3 is 17.8 Å². The number of carbonyl (C=O) groups is 1. The minimum Gasteiger partial charge on any atom is -0.507 e. The van der Waals surface area contributed by atoms with Gasteiger partial charge in [-0.15, -0.1) is 0 Å². The average Bonchev–Trinajstić information content (AvgIpc) is 3.06. The Hall–Kier alpha value is -5.76. The van der Waals surface area contributed by atoms with Crippen molar-refractivity contribution >= 4 is 5.97 Å². The number of phenols is 1. The van der Waals surface area contributed by atoms with Crippen molar-refractivity contribution < 1.29 is 41.7 Å². The summed E-state index contributed by atoms with van der Waals surface area (Å²) in [6.45, 7) is 0.0438. The number of hydrogen-bond donors (Lipinski definition) is 3. The molecule has 1 heterocycles. The van der Waals surface area contributed by atoms with E-state index in [9.17, 15) is 31.9 Å². The number of para-hydroxylation sites is 1. The molecular formula is C35H30F5N3O6. The second-order valence-electron chi connectivity index (χ2n) is 10.7. The summed E-state index contributed by atoms with van der Waals surface area (Å²) in [7, 11) is 1.23. The van der Waals surface area contributed by atoms with Crippen molar-refractivity contribution in [2.24, 2.45) is 5.73 Å². The molecular weight excluding hydrogens is 653 g/mol. The lowest BCUT2D eigenvalue weighted by Crippen LogP contribution is -2.44. The van der Waals surface area contributed by atoms with E-state index in [-0.39, 0.29) is 40.4 Å². The summed E-state index contributed by atoms with van der Waals surface area (Å²) < 4.78 is 77.8. The predicted molar refractivity (Wildman–Crippen MR) is 171 cm³/mol. The van der Waals surface area contributed by atoms with Gasteiger partial charge in [0.1, 0.15) is 17.1 Å². The number of ether oxygens (including phenoxy) is 1. The Morgan fingerprint density at radius 3 is 2.12 bits per heavy atom. The maximum absolute atomic E-state index is 15.3. The van der Waals surface area contributed by atoms with Gasteiger partial charge < -0.3 is 20.7 Å². The topological polar surface area (TPSA) is 137 Å². The van der Waals surface area contributed by atoms with Crippen LogP contribution in [0.1, 0.15) is 38.8 Å². The van der Waals surface area contributed by atoms with Crippen molar-refractivity contribution in [1.82, 2.24) is 9.13 Å². The van der Waals surface area contributed by atoms with Crippen molar-refractivity contribution in [1.29, 1.82) is 0 Å². The SMILES string of the molecule is COc1cccc(-c2c(C)n(Cc3c(F)cccc3C(F)(F)F)c(=O)n(CC(N)c3ccccc3)c2=O)c1F.O=C(O)c1ccccc1O. The largest absolute Gasteiger partial charge is 0.507 e. The van der Waals surface area contributed by atoms with Crippen molar-refractivity contribution in [2.75, 3.05) is 7.11 Å². The van der Waals surface area contributed by atoms with E-state index < -0.39 is 58.7 Å². The number of aromatic carboxylic acids is 1. The first-order valence-corrected chi connectivity index (χ1v) is 14.5. The molecule has 0 saturated carbocycles. The molecule has 4 aromatic carbocycles. The Morgan fingerprint density at radius 2 is 1.53 bits per heavy atom. The zero-order chi connectivity index (χ0) is 36.0. The second kappa shape index (κ2) is 15.0. The zero-order valence-electron chi connectivity index (χ0n) is 26.0. The lowest BCUT2D eigenvalue weighted by molar-refractivity contribution is -0.138. The molecule has 0 fully saturated rings. The number of nitrogens with zero attached hydrogens (tertiary/aromatic N) is 2. The van der Waals surface area contributed by atoms with E-state index in [2.05, 4.69) is 0 Å². The maximum Gasteiger partial charge on any atom is 0.416 e. The first-order valence-electron chi connectivity index (χ1n) is 14.5. The van der Waals surface area contributed by atoms with Gasteiger partial charge in [-0.3, -0.25) is 13.9 Å². The third kappa shape index (κ3) is 7.87. The minimum absolute atomic E-state index is 0.0671. The van der Waals surface area contributed by atoms with Crippen molar-refractivity contribution in [2.45, 2.75) is 32.2 Å². The number of nitrogens with two attached hydrogens (primary N) is 1. The van der Waals surface area contributed by atoms with Gasteiger partial charge in [0.25, 0.3) is 5.56 Å². The van der Waals surface area contributed by atoms with Crippen LogP contribution in [-0.4, -0.2) is 32.4 Å². The Balaban J connectivity index is 0.000000463. The van der Waals surface area contributed by atoms with Crippen LogP contribution in [0, 0.1) is 18.6 Å². The van der Waals surface area contributed by atoms with Crippen LogP contribution < -0.4 is 21.7 Å². The first kappa shape index (κ1) is 36.1. The van der Waals surface area contributed by atoms with Crippen LogP contribution in [0.4, 0.5) is 22.0 Å². The average molecular weight is 684 g/mol. The van der Waals surface area contributed by atoms with Crippen LogP contribution >= 0.6 is 0 Å². The number of benzene rings is 4. The summed E-state index contributed by atoms with van der Waals surface area (Å²) in [5.74, 6) is -3.60. The number of alkyl halides is 3. The van der Waals surface area contributed by atoms with Gasteiger partial charge in [0.05, 0.1) is 31.3 Å². The van der Waals surface area contributed by atoms with E-state index in [0.717, 1.165) is 21.3 Å². The summed E-state index contributed by atoms with van der Waals surface area (Å²) in [5.41, 5.74) is 2.09. The van der Waals surface area contributed by atoms with Crippen molar-refractivity contribution in [3.8, 4) is 22.6 Å². The van der Waals surface area contributed by atoms with Crippen molar-refractivity contribution in [3.63, 3.8) is 0 Å². The number of methoxy groups -OCH3 is 1. The lowest BCUT2D eigenvalue weighted by Gasteiger charge is -2.21. The highest BCUT2D eigenvalue weighted by molar-refractivity contribution is 5.90. The van der Waals surface area contributed by atoms with Crippen LogP contribution in [0.15, 0.2) is 101 Å². The van der Waals surface area contributed by atoms with Crippen LogP contribution in [0.2, 0.25) is 0 Å². The molecule has 0 aliphatic heterocycles. The van der Waals surface area contributed by atoms with Gasteiger partial charge in [-0.1, -0.05) is 60.7 Å². The molecule has 0 bridgehead atoms. The summed E-state index contributed by atoms with van der Waals surface area (Å²) in [6.07, 6.45) is -4.92. The zero-order valence-corrected chi connectivity index (χ0v) is 26.0. The first-order chi connectivity index (χ1) is 23.2. The molecule has 1 aromatic heterocycles. The number of aromatic hydroxyl groups is 1. The molecule has 0 spiro atoms. The summed E-state index contributed by atoms with van der Waals surface area (Å²) in [4.78, 5) is 37.5. The van der Waals surface area contributed by atoms with E-state index in [1.54, 1.807) is 42.5 Å². The fourth-order valence-electron chi connectivity index (χ4n) is 5.12. The van der Waals surface area contributed by atoms with E-state index in [1.165, 1.54) is 44.4 Å². The Kier molecular flexibility index (Phi) is 11.0. The van der Waals surface area contributed by atoms with E-state index >= 15 is 4.39 Å². The third-order valence-corrected chi connectivity index (χ3v) is 7.62. The Labute approximate surface area is 275 Å². The number of halogens is 5. The highest BCUT2D eigenvalue weighted by Crippen LogP contribution is 2.34. The fourth-order valence-corrected chi connectivity index (χ4v) is 5.12. The minimum atomic E-state index is -4.92. The Morgan fingerprint density at radius 1 is 0.898 bits per heavy atom. The third-order valence-electron chi connectivity index (χ3n) is 7.62. The maximum atomic E-state index is 15.3. The van der Waals surface area contributed by atoms with Crippen LogP contribution in [-0.2, 0) is 19.3 Å². The van der Waals surface area contributed by atoms with Crippen LogP contribution in [0.25, 0.3) is 11.1 Å². The normalized spacial score (nSPS) is 11.8. The number of rotatable bonds is 8. The van der Waals surface area contributed by atoms with Crippen LogP contribution in [0.3, 0.4) is 0 Å². The number of carboxylic acids is 1. The van der Waals surface area contributed by atoms with Gasteiger partial charge in [0.2, 0.25) is 0 Å². The molecule has 0 saturated heterocycles. The summed E-state index contributed by atoms with van der Waals surface area (Å²) in [6, 6.07) is 19.9. The van der Waals surface area contributed by atoms with Gasteiger partial charge in [-0.05, 0) is 42.8 Å². The molecule has 1 atom stereocenters. The fraction of sp³-hybridized carbons (Fsp3) is 0.171. The molecule has 5 rings (SSSR count). The molecule has 14 heteroatoms.